The van der Waals surface area contributed by atoms with Crippen molar-refractivity contribution < 1.29 is 9.26 Å². The molecule has 6 aromatic heterocycles. The van der Waals surface area contributed by atoms with Gasteiger partial charge in [-0.15, -0.1) is 11.3 Å². The molecular weight excluding hydrogens is 1130 g/mol. The maximum atomic E-state index is 5.53. The van der Waals surface area contributed by atoms with E-state index in [4.69, 9.17) is 9.26 Å². The highest BCUT2D eigenvalue weighted by Gasteiger charge is 2.22. The Bertz CT molecular complexity index is 2240. The van der Waals surface area contributed by atoms with Crippen molar-refractivity contribution in [1.82, 2.24) is 45.2 Å². The predicted molar refractivity (Wildman–Crippen MR) is 409 cm³/mol. The van der Waals surface area contributed by atoms with Crippen LogP contribution in [-0.2, 0) is 43.3 Å². The lowest BCUT2D eigenvalue weighted by Crippen LogP contribution is -2.16. The quantitative estimate of drug-likeness (QED) is 0.104. The van der Waals surface area contributed by atoms with Gasteiger partial charge in [0.25, 0.3) is 0 Å². The molecule has 0 aliphatic carbocycles. The number of aromatic amines is 3. The first-order valence-electron chi connectivity index (χ1n) is 30.7. The van der Waals surface area contributed by atoms with Gasteiger partial charge >= 0.3 is 0 Å². The third-order valence-electron chi connectivity index (χ3n) is 11.9. The first-order valence-corrected chi connectivity index (χ1v) is 31.6. The lowest BCUT2D eigenvalue weighted by Gasteiger charge is -2.21. The Kier molecular flexibility index (Phi) is 61.5. The van der Waals surface area contributed by atoms with Crippen LogP contribution in [0.25, 0.3) is 0 Å². The van der Waals surface area contributed by atoms with Crippen LogP contribution in [0.2, 0.25) is 0 Å². The Labute approximate surface area is 567 Å². The largest absolute Gasteiger partial charge is 0.378 e. The molecule has 0 amide bonds. The third-order valence-corrected chi connectivity index (χ3v) is 12.8. The molecule has 1 atom stereocenters. The second-order valence-electron chi connectivity index (χ2n) is 30.8. The van der Waals surface area contributed by atoms with Gasteiger partial charge in [-0.05, 0) is 172 Å². The van der Waals surface area contributed by atoms with E-state index < -0.39 is 0 Å². The van der Waals surface area contributed by atoms with Crippen LogP contribution in [0.1, 0.15) is 295 Å². The molecule has 0 spiro atoms. The summed E-state index contributed by atoms with van der Waals surface area (Å²) in [6, 6.07) is 12.5. The molecule has 0 radical (unpaired) electrons. The van der Waals surface area contributed by atoms with E-state index in [1.165, 1.54) is 67.6 Å². The van der Waals surface area contributed by atoms with E-state index in [0.717, 1.165) is 79.2 Å². The van der Waals surface area contributed by atoms with E-state index in [1.54, 1.807) is 12.5 Å². The lowest BCUT2D eigenvalue weighted by molar-refractivity contribution is 0.0763. The summed E-state index contributed by atoms with van der Waals surface area (Å²) in [5.74, 6) is 3.63. The summed E-state index contributed by atoms with van der Waals surface area (Å²) in [5, 5.41) is 13.1. The van der Waals surface area contributed by atoms with Crippen molar-refractivity contribution in [2.45, 2.75) is 309 Å². The van der Waals surface area contributed by atoms with Gasteiger partial charge in [-0.2, -0.15) is 5.10 Å². The van der Waals surface area contributed by atoms with Gasteiger partial charge in [-0.1, -0.05) is 229 Å². The smallest absolute Gasteiger partial charge is 0.137 e. The van der Waals surface area contributed by atoms with Gasteiger partial charge in [-0.25, -0.2) is 9.97 Å². The van der Waals surface area contributed by atoms with Crippen molar-refractivity contribution in [3.63, 3.8) is 0 Å². The number of ether oxygens (including phenoxy) is 1. The van der Waals surface area contributed by atoms with Gasteiger partial charge in [0.2, 0.25) is 0 Å². The van der Waals surface area contributed by atoms with E-state index in [0.29, 0.717) is 33.2 Å². The molecule has 11 nitrogen and oxygen atoms in total. The van der Waals surface area contributed by atoms with Crippen molar-refractivity contribution in [2.75, 3.05) is 27.2 Å². The molecule has 6 aromatic rings. The molecule has 3 N–H and O–H groups in total. The van der Waals surface area contributed by atoms with Crippen LogP contribution in [0.3, 0.4) is 0 Å². The van der Waals surface area contributed by atoms with Crippen molar-refractivity contribution in [3.8, 4) is 0 Å². The first kappa shape index (κ1) is 104. The molecule has 1 fully saturated rings. The monoisotopic (exact) mass is 1280 g/mol. The molecule has 1 unspecified atom stereocenters. The van der Waals surface area contributed by atoms with E-state index >= 15 is 0 Å². The van der Waals surface area contributed by atoms with E-state index in [-0.39, 0.29) is 64.8 Å². The number of hydrogen-bond donors (Lipinski definition) is 3. The highest BCUT2D eigenvalue weighted by molar-refractivity contribution is 7.09. The van der Waals surface area contributed by atoms with Gasteiger partial charge < -0.3 is 24.1 Å². The van der Waals surface area contributed by atoms with Crippen LogP contribution in [0.15, 0.2) is 83.6 Å². The summed E-state index contributed by atoms with van der Waals surface area (Å²) in [5.41, 5.74) is 8.12. The number of hydrogen-bond acceptors (Lipinski definition) is 9. The number of nitrogens with zero attached hydrogens (tertiary/aromatic N) is 6. The van der Waals surface area contributed by atoms with E-state index in [2.05, 4.69) is 241 Å². The van der Waals surface area contributed by atoms with Crippen molar-refractivity contribution in [2.24, 2.45) is 44.3 Å². The highest BCUT2D eigenvalue weighted by Crippen LogP contribution is 2.28. The molecule has 1 aliphatic rings. The van der Waals surface area contributed by atoms with Gasteiger partial charge in [-0.3, -0.25) is 10.1 Å². The summed E-state index contributed by atoms with van der Waals surface area (Å²) in [6.07, 6.45) is 25.6. The number of aromatic nitrogens is 8. The predicted octanol–water partition coefficient (Wildman–Crippen LogP) is 24.6. The molecule has 0 aromatic carbocycles. The average molecular weight is 1290 g/mol. The van der Waals surface area contributed by atoms with Crippen LogP contribution in [0, 0.1) is 58.2 Å². The van der Waals surface area contributed by atoms with Crippen LogP contribution in [0.4, 0.5) is 0 Å². The number of H-pyrrole nitrogens is 3. The molecule has 1 aliphatic heterocycles. The van der Waals surface area contributed by atoms with Crippen LogP contribution in [0.5, 0.6) is 0 Å². The fraction of sp³-hybridized carbons (Fsp3) is 0.731. The van der Waals surface area contributed by atoms with Crippen LogP contribution in [-0.4, -0.2) is 78.5 Å². The zero-order valence-electron chi connectivity index (χ0n) is 57.5. The van der Waals surface area contributed by atoms with Crippen LogP contribution >= 0.6 is 11.3 Å². The maximum Gasteiger partial charge on any atom is 0.137 e. The molecular formula is C78H157N9O2S. The number of thiophene rings is 1. The minimum Gasteiger partial charge on any atom is -0.378 e. The SMILES string of the molecule is C.C.C.C.C.C.C.C.CC(C)(C)CC1CCCO1.CC(C)(C)CCc1cccs1.CC(C)(C)CCc1cnc[nH]1.CC(C)(C)Cc1ncc[nH]1.CC(C)CCN(C)C.CC(C)Cc1cccnc1.Cc1cc(CC(C)(C)C)n[nH]1.Cc1cc(CC(C)(C)C)on1. The normalized spacial score (nSPS) is 12.3. The standard InChI is InChI=1S/C10H16S.2C9H16N2.C9H15NO.C9H13N.C9H18O.C8H14N2.C7H17N.8CH4/c1-10(2,3)7-6-9-5-4-8-11-9;1-7-5-8(11-10-7)6-9(2,3)4;1-9(2,3)5-4-8-6-10-7-11-8;1-7-5-8(11-10-7)6-9(2,3)4;1-8(2)6-9-4-3-5-10-7-9;1-9(2,3)7-8-5-4-6-10-8;1-8(2,3)6-7-9-4-5-10-7;1-7(2)5-6-8(3)4;;;;;;;;/h4-5,8H,6-7H2,1-3H3;5H,6H2,1-4H3,(H,10,11);6-7H,4-5H2,1-3H3,(H,10,11);5H,6H2,1-4H3;3-5,7-8H,6H2,1-2H3;8H,4-7H2,1-3H3;4-5H,6H2,1-3H3,(H,9,10);7H,5-6H2,1-4H3;8*1H4. The minimum absolute atomic E-state index is 0. The summed E-state index contributed by atoms with van der Waals surface area (Å²) in [7, 11) is 4.23. The van der Waals surface area contributed by atoms with E-state index in [9.17, 15) is 0 Å². The Balaban J connectivity index is -0.000000118. The van der Waals surface area contributed by atoms with Gasteiger partial charge in [0.05, 0.1) is 23.8 Å². The second kappa shape index (κ2) is 53.0. The lowest BCUT2D eigenvalue weighted by atomic mass is 9.88. The average Bonchev–Trinajstić information content (AvgIpc) is 4.29. The molecule has 0 bridgehead atoms. The Morgan fingerprint density at radius 2 is 1.21 bits per heavy atom. The molecule has 7 heterocycles. The number of pyridine rings is 1. The number of aryl methyl sites for hydroxylation is 4. The first-order chi connectivity index (χ1) is 37.7. The molecule has 1 saturated heterocycles. The Morgan fingerprint density at radius 1 is 0.633 bits per heavy atom. The molecule has 12 heteroatoms. The van der Waals surface area contributed by atoms with Crippen molar-refractivity contribution in [3.05, 3.63) is 124 Å². The summed E-state index contributed by atoms with van der Waals surface area (Å²) in [4.78, 5) is 22.1. The molecule has 90 heavy (non-hydrogen) atoms. The number of rotatable bonds is 13. The summed E-state index contributed by atoms with van der Waals surface area (Å²) >= 11 is 1.86. The van der Waals surface area contributed by atoms with Crippen molar-refractivity contribution in [1.29, 1.82) is 0 Å². The van der Waals surface area contributed by atoms with Crippen LogP contribution < -0.4 is 0 Å². The molecule has 0 saturated carbocycles. The zero-order chi connectivity index (χ0) is 62.8. The van der Waals surface area contributed by atoms with Gasteiger partial charge in [0.15, 0.2) is 0 Å². The zero-order valence-corrected chi connectivity index (χ0v) is 58.4. The number of imidazole rings is 2. The molecule has 532 valence electrons. The molecule has 7 rings (SSSR count). The third kappa shape index (κ3) is 69.5. The summed E-state index contributed by atoms with van der Waals surface area (Å²) < 4.78 is 10.6. The fourth-order valence-electron chi connectivity index (χ4n) is 7.91. The Hall–Kier alpha value is -4.39. The minimum atomic E-state index is 0. The number of nitrogens with one attached hydrogen (secondary N) is 3. The second-order valence-corrected chi connectivity index (χ2v) is 31.9. The van der Waals surface area contributed by atoms with Gasteiger partial charge in [0, 0.05) is 72.8 Å². The van der Waals surface area contributed by atoms with Gasteiger partial charge in [0.1, 0.15) is 11.6 Å². The summed E-state index contributed by atoms with van der Waals surface area (Å²) in [6.45, 7) is 55.4. The van der Waals surface area contributed by atoms with E-state index in [1.807, 2.05) is 62.1 Å². The Morgan fingerprint density at radius 3 is 1.57 bits per heavy atom. The topological polar surface area (TPSA) is 137 Å². The fourth-order valence-corrected chi connectivity index (χ4v) is 8.62. The van der Waals surface area contributed by atoms with Crippen molar-refractivity contribution >= 4 is 11.3 Å². The highest BCUT2D eigenvalue weighted by atomic mass is 32.1. The maximum absolute atomic E-state index is 5.53.